The van der Waals surface area contributed by atoms with E-state index < -0.39 is 0 Å². The predicted octanol–water partition coefficient (Wildman–Crippen LogP) is 22.7. The molecule has 1 N–H and O–H groups in total. The molecule has 0 unspecified atom stereocenters. The van der Waals surface area contributed by atoms with E-state index in [0.29, 0.717) is 0 Å². The van der Waals surface area contributed by atoms with Crippen molar-refractivity contribution in [3.05, 3.63) is 309 Å². The number of benzene rings is 15. The summed E-state index contributed by atoms with van der Waals surface area (Å²) < 4.78 is 7.33. The third kappa shape index (κ3) is 7.14. The number of fused-ring (bicyclic) bond motifs is 19. The molecular weight excluding hydrogens is 1060 g/mol. The molecule has 408 valence electrons. The second kappa shape index (κ2) is 18.9. The summed E-state index contributed by atoms with van der Waals surface area (Å²) in [7, 11) is 0. The van der Waals surface area contributed by atoms with Gasteiger partial charge in [-0.3, -0.25) is 0 Å². The van der Waals surface area contributed by atoms with Gasteiger partial charge in [-0.05, 0) is 152 Å². The van der Waals surface area contributed by atoms with E-state index in [1.165, 1.54) is 181 Å². The quantitative estimate of drug-likeness (QED) is 0.178. The summed E-state index contributed by atoms with van der Waals surface area (Å²) >= 11 is 0. The van der Waals surface area contributed by atoms with E-state index in [0.717, 1.165) is 0 Å². The van der Waals surface area contributed by atoms with Gasteiger partial charge >= 0.3 is 0 Å². The van der Waals surface area contributed by atoms with Gasteiger partial charge in [-0.1, -0.05) is 218 Å². The molecule has 0 atom stereocenters. The van der Waals surface area contributed by atoms with Crippen LogP contribution in [0.15, 0.2) is 309 Å². The second-order valence-electron chi connectivity index (χ2n) is 23.6. The van der Waals surface area contributed by atoms with Crippen molar-refractivity contribution in [3.8, 4) is 61.6 Å². The Hall–Kier alpha value is -11.7. The summed E-state index contributed by atoms with van der Waals surface area (Å²) in [6.07, 6.45) is 0. The van der Waals surface area contributed by atoms with Crippen LogP contribution in [-0.4, -0.2) is 18.7 Å². The van der Waals surface area contributed by atoms with Crippen LogP contribution in [0.2, 0.25) is 0 Å². The number of H-pyrrole nitrogens is 1. The molecule has 0 amide bonds. The molecule has 20 rings (SSSR count). The van der Waals surface area contributed by atoms with Gasteiger partial charge in [-0.15, -0.1) is 0 Å². The molecule has 4 heterocycles. The van der Waals surface area contributed by atoms with Crippen LogP contribution < -0.4 is 0 Å². The van der Waals surface area contributed by atoms with Gasteiger partial charge in [-0.25, -0.2) is 0 Å². The highest BCUT2D eigenvalue weighted by molar-refractivity contribution is 6.22. The maximum absolute atomic E-state index is 3.55. The predicted molar refractivity (Wildman–Crippen MR) is 373 cm³/mol. The van der Waals surface area contributed by atoms with Crippen LogP contribution in [0, 0.1) is 0 Å². The highest BCUT2D eigenvalue weighted by atomic mass is 15.0. The third-order valence-corrected chi connectivity index (χ3v) is 18.9. The minimum Gasteiger partial charge on any atom is -0.355 e. The Bertz CT molecular complexity index is 6080. The minimum absolute atomic E-state index is 1.17. The fourth-order valence-corrected chi connectivity index (χ4v) is 15.0. The van der Waals surface area contributed by atoms with E-state index in [2.05, 4.69) is 328 Å². The molecule has 0 saturated carbocycles. The van der Waals surface area contributed by atoms with Crippen LogP contribution in [0.4, 0.5) is 0 Å². The molecule has 0 radical (unpaired) electrons. The SMILES string of the molecule is c1ccc(-n2c3ccc(-c4ccc5[nH]c6ccccc6c5c4)cc3c3ccc4ccccc4c32)cc1.c1ccc(-n2c3ccc(-c4ccc5c(c4)c4ccccc4n5-c4ccc5c6c(cccc46)-c4ccccc4-5)cc3c3ccc4ccccc4c32)cc1. The molecule has 88 heavy (non-hydrogen) atoms. The number of hydrogen-bond acceptors (Lipinski definition) is 0. The van der Waals surface area contributed by atoms with Gasteiger partial charge in [0.05, 0.1) is 38.8 Å². The van der Waals surface area contributed by atoms with Crippen molar-refractivity contribution < 1.29 is 0 Å². The fourth-order valence-electron chi connectivity index (χ4n) is 15.0. The van der Waals surface area contributed by atoms with Crippen LogP contribution >= 0.6 is 0 Å². The van der Waals surface area contributed by atoms with Crippen LogP contribution in [0.1, 0.15) is 0 Å². The number of para-hydroxylation sites is 4. The molecule has 4 aromatic heterocycles. The van der Waals surface area contributed by atoms with Gasteiger partial charge in [0.2, 0.25) is 0 Å². The van der Waals surface area contributed by atoms with Crippen molar-refractivity contribution in [2.45, 2.75) is 0 Å². The van der Waals surface area contributed by atoms with Crippen LogP contribution in [-0.2, 0) is 0 Å². The van der Waals surface area contributed by atoms with Gasteiger partial charge in [0.1, 0.15) is 0 Å². The Kier molecular flexibility index (Phi) is 10.4. The minimum atomic E-state index is 1.17. The van der Waals surface area contributed by atoms with Crippen molar-refractivity contribution in [3.63, 3.8) is 0 Å². The number of nitrogens with one attached hydrogen (secondary N) is 1. The highest BCUT2D eigenvalue weighted by Crippen LogP contribution is 2.50. The Balaban J connectivity index is 0.000000137. The van der Waals surface area contributed by atoms with Crippen LogP contribution in [0.25, 0.3) is 181 Å². The van der Waals surface area contributed by atoms with Crippen LogP contribution in [0.5, 0.6) is 0 Å². The van der Waals surface area contributed by atoms with Crippen molar-refractivity contribution in [2.75, 3.05) is 0 Å². The summed E-state index contributed by atoms with van der Waals surface area (Å²) in [5.74, 6) is 0. The molecule has 0 bridgehead atoms. The summed E-state index contributed by atoms with van der Waals surface area (Å²) in [5, 5.41) is 17.8. The molecule has 4 nitrogen and oxygen atoms in total. The zero-order chi connectivity index (χ0) is 57.6. The second-order valence-corrected chi connectivity index (χ2v) is 23.6. The Morgan fingerprint density at radius 1 is 0.216 bits per heavy atom. The Labute approximate surface area is 506 Å². The topological polar surface area (TPSA) is 30.6 Å². The number of nitrogens with zero attached hydrogens (tertiary/aromatic N) is 3. The van der Waals surface area contributed by atoms with Crippen molar-refractivity contribution in [2.24, 2.45) is 0 Å². The maximum Gasteiger partial charge on any atom is 0.0619 e. The van der Waals surface area contributed by atoms with Crippen molar-refractivity contribution in [1.29, 1.82) is 0 Å². The van der Waals surface area contributed by atoms with E-state index in [9.17, 15) is 0 Å². The first kappa shape index (κ1) is 48.6. The van der Waals surface area contributed by atoms with Gasteiger partial charge in [0.25, 0.3) is 0 Å². The molecule has 15 aromatic carbocycles. The summed E-state index contributed by atoms with van der Waals surface area (Å²) in [5.41, 5.74) is 23.5. The Morgan fingerprint density at radius 2 is 0.636 bits per heavy atom. The molecule has 1 aliphatic rings. The Morgan fingerprint density at radius 3 is 1.24 bits per heavy atom. The number of aromatic nitrogens is 4. The lowest BCUT2D eigenvalue weighted by Crippen LogP contribution is -1.95. The number of rotatable bonds is 5. The number of aromatic amines is 1. The summed E-state index contributed by atoms with van der Waals surface area (Å²) in [6.45, 7) is 0. The molecule has 0 saturated heterocycles. The van der Waals surface area contributed by atoms with E-state index >= 15 is 0 Å². The monoisotopic (exact) mass is 1120 g/mol. The maximum atomic E-state index is 3.55. The zero-order valence-corrected chi connectivity index (χ0v) is 47.8. The largest absolute Gasteiger partial charge is 0.355 e. The van der Waals surface area contributed by atoms with E-state index in [4.69, 9.17) is 0 Å². The molecule has 4 heteroatoms. The van der Waals surface area contributed by atoms with E-state index in [1.54, 1.807) is 0 Å². The highest BCUT2D eigenvalue weighted by Gasteiger charge is 2.25. The van der Waals surface area contributed by atoms with E-state index in [-0.39, 0.29) is 0 Å². The average molecular weight is 1120 g/mol. The lowest BCUT2D eigenvalue weighted by atomic mass is 10.00. The summed E-state index contributed by atoms with van der Waals surface area (Å²) in [6, 6.07) is 113. The fraction of sp³-hybridized carbons (Fsp3) is 0. The van der Waals surface area contributed by atoms with Gasteiger partial charge in [0.15, 0.2) is 0 Å². The van der Waals surface area contributed by atoms with Crippen molar-refractivity contribution >= 4 is 120 Å². The first-order chi connectivity index (χ1) is 43.7. The van der Waals surface area contributed by atoms with Gasteiger partial charge in [0, 0.05) is 81.7 Å². The molecule has 0 aliphatic heterocycles. The number of hydrogen-bond donors (Lipinski definition) is 1. The smallest absolute Gasteiger partial charge is 0.0619 e. The van der Waals surface area contributed by atoms with Gasteiger partial charge in [-0.2, -0.15) is 0 Å². The van der Waals surface area contributed by atoms with E-state index in [1.807, 2.05) is 0 Å². The average Bonchev–Trinajstić information content (AvgIpc) is 2.59. The van der Waals surface area contributed by atoms with Crippen LogP contribution in [0.3, 0.4) is 0 Å². The first-order valence-corrected chi connectivity index (χ1v) is 30.4. The standard InChI is InChI=1S/C50H30N2.C34H22N2/c1-2-12-34(13-3-1)51-47-26-22-33(30-44(47)41-24-21-31-11-4-5-14-35(31)50(41)51)32-23-27-48-43(29-32)38-17-8-9-20-45(38)52(48)46-28-25-40-37-16-7-6-15-36(37)39-18-10-19-42(46)49(39)40;1-2-9-25(10-3-1)36-33-19-16-24(21-30(33)28-17-14-22-8-4-5-11-26(22)34(28)36)23-15-18-32-29(20-23)27-12-6-7-13-31(27)35-32/h1-30H;1-21,35H. The first-order valence-electron chi connectivity index (χ1n) is 30.4. The van der Waals surface area contributed by atoms with Gasteiger partial charge < -0.3 is 18.7 Å². The van der Waals surface area contributed by atoms with Crippen molar-refractivity contribution in [1.82, 2.24) is 18.7 Å². The molecule has 0 spiro atoms. The normalized spacial score (nSPS) is 12.1. The molecule has 0 fully saturated rings. The lowest BCUT2D eigenvalue weighted by molar-refractivity contribution is 1.19. The molecule has 19 aromatic rings. The zero-order valence-electron chi connectivity index (χ0n) is 47.8. The summed E-state index contributed by atoms with van der Waals surface area (Å²) in [4.78, 5) is 3.55. The lowest BCUT2D eigenvalue weighted by Gasteiger charge is -2.13. The molecule has 1 aliphatic carbocycles. The molecular formula is C84H52N4. The third-order valence-electron chi connectivity index (χ3n) is 18.9.